The number of ether oxygens (including phenoxy) is 2. The Labute approximate surface area is 487 Å². The average molecular weight is 1230 g/mol. The smallest absolute Gasteiger partial charge is 0.416 e. The number of aryl methyl sites for hydroxylation is 1. The molecule has 7 rings (SSSR count). The molecule has 0 aliphatic carbocycles. The Bertz CT molecular complexity index is 3480. The number of nitrogens with zero attached hydrogens (tertiary/aromatic N) is 4. The third kappa shape index (κ3) is 16.0. The van der Waals surface area contributed by atoms with Crippen LogP contribution in [0.25, 0.3) is 5.70 Å². The third-order valence-electron chi connectivity index (χ3n) is 11.4. The SMILES string of the molecule is C=C(Nc1cc(C(F)(F)F)ccc1Oc1ccc(Cl)cc1)c1ccc(Cl)c(N=NC(C(C)=O)C(=O)Nc2cc(C)c(NC(=O)C(N=Nc3cc(C(=O)Nc4cc(C(F)(F)F)ccc4Oc4ccc(Cl)cc4)ccc3Cl)C(C)=O)cc2Cl)c1. The normalized spacial score (nSPS) is 12.4. The van der Waals surface area contributed by atoms with Crippen LogP contribution in [-0.2, 0) is 31.5 Å². The second-order valence-corrected chi connectivity index (χ2v) is 19.6. The Morgan fingerprint density at radius 3 is 1.37 bits per heavy atom. The molecule has 3 amide bonds. The Morgan fingerprint density at radius 2 is 0.915 bits per heavy atom. The van der Waals surface area contributed by atoms with Gasteiger partial charge in [0.1, 0.15) is 22.9 Å². The Hall–Kier alpha value is -8.34. The van der Waals surface area contributed by atoms with E-state index in [0.29, 0.717) is 16.1 Å². The van der Waals surface area contributed by atoms with Crippen LogP contribution in [0.15, 0.2) is 160 Å². The van der Waals surface area contributed by atoms with Gasteiger partial charge in [0.2, 0.25) is 12.1 Å². The summed E-state index contributed by atoms with van der Waals surface area (Å²) in [6.45, 7) is 7.58. The zero-order chi connectivity index (χ0) is 59.8. The molecule has 7 aromatic carbocycles. The molecule has 0 aliphatic heterocycles. The number of Topliss-reactive ketones (excluding diaryl/α,β-unsaturated/α-hetero) is 2. The first-order valence-electron chi connectivity index (χ1n) is 23.5. The van der Waals surface area contributed by atoms with Crippen molar-refractivity contribution in [3.63, 3.8) is 0 Å². The van der Waals surface area contributed by atoms with Crippen LogP contribution in [0.5, 0.6) is 23.0 Å². The number of amides is 3. The van der Waals surface area contributed by atoms with E-state index in [1.165, 1.54) is 97.9 Å². The summed E-state index contributed by atoms with van der Waals surface area (Å²) in [6.07, 6.45) is -9.48. The molecule has 422 valence electrons. The molecule has 7 aromatic rings. The van der Waals surface area contributed by atoms with E-state index in [2.05, 4.69) is 48.3 Å². The Balaban J connectivity index is 1.02. The molecular weight excluding hydrogens is 1190 g/mol. The van der Waals surface area contributed by atoms with Gasteiger partial charge >= 0.3 is 12.4 Å². The predicted molar refractivity (Wildman–Crippen MR) is 301 cm³/mol. The fraction of sp³-hybridized carbons (Fsp3) is 0.125. The van der Waals surface area contributed by atoms with Gasteiger partial charge in [-0.05, 0) is 159 Å². The molecule has 0 heterocycles. The molecule has 4 N–H and O–H groups in total. The van der Waals surface area contributed by atoms with Crippen molar-refractivity contribution in [1.82, 2.24) is 0 Å². The first kappa shape index (κ1) is 61.3. The van der Waals surface area contributed by atoms with Crippen molar-refractivity contribution in [2.75, 3.05) is 21.3 Å². The molecule has 0 bridgehead atoms. The number of ketones is 2. The van der Waals surface area contributed by atoms with Crippen molar-refractivity contribution in [1.29, 1.82) is 0 Å². The third-order valence-corrected chi connectivity index (χ3v) is 12.8. The van der Waals surface area contributed by atoms with Crippen LogP contribution in [0.4, 0.5) is 60.5 Å². The number of nitrogens with one attached hydrogen (secondary N) is 4. The number of anilines is 4. The lowest BCUT2D eigenvalue weighted by Crippen LogP contribution is -2.32. The predicted octanol–water partition coefficient (Wildman–Crippen LogP) is 17.6. The van der Waals surface area contributed by atoms with E-state index >= 15 is 0 Å². The molecule has 0 saturated heterocycles. The first-order valence-corrected chi connectivity index (χ1v) is 25.4. The summed E-state index contributed by atoms with van der Waals surface area (Å²) < 4.78 is 94.2. The maximum absolute atomic E-state index is 13.8. The molecule has 15 nitrogen and oxygen atoms in total. The monoisotopic (exact) mass is 1220 g/mol. The highest BCUT2D eigenvalue weighted by Gasteiger charge is 2.33. The summed E-state index contributed by atoms with van der Waals surface area (Å²) in [5.74, 6) is -4.12. The highest BCUT2D eigenvalue weighted by molar-refractivity contribution is 6.35. The molecule has 0 fully saturated rings. The van der Waals surface area contributed by atoms with Crippen molar-refractivity contribution < 1.29 is 59.8 Å². The number of carbonyl (C=O) groups excluding carboxylic acids is 5. The first-order chi connectivity index (χ1) is 38.6. The number of alkyl halides is 6. The zero-order valence-corrected chi connectivity index (χ0v) is 46.1. The van der Waals surface area contributed by atoms with E-state index in [9.17, 15) is 50.3 Å². The van der Waals surface area contributed by atoms with Gasteiger partial charge in [0.25, 0.3) is 17.7 Å². The molecule has 26 heteroatoms. The molecule has 0 saturated carbocycles. The van der Waals surface area contributed by atoms with Crippen molar-refractivity contribution in [3.05, 3.63) is 193 Å². The maximum atomic E-state index is 13.8. The van der Waals surface area contributed by atoms with E-state index in [-0.39, 0.29) is 94.6 Å². The Morgan fingerprint density at radius 1 is 0.488 bits per heavy atom. The highest BCUT2D eigenvalue weighted by Crippen LogP contribution is 2.41. The quantitative estimate of drug-likeness (QED) is 0.0348. The van der Waals surface area contributed by atoms with Crippen LogP contribution in [0, 0.1) is 6.92 Å². The van der Waals surface area contributed by atoms with E-state index in [1.807, 2.05) is 0 Å². The lowest BCUT2D eigenvalue weighted by Gasteiger charge is -2.17. The molecule has 0 spiro atoms. The molecule has 82 heavy (non-hydrogen) atoms. The van der Waals surface area contributed by atoms with Crippen molar-refractivity contribution in [2.24, 2.45) is 20.5 Å². The summed E-state index contributed by atoms with van der Waals surface area (Å²) in [4.78, 5) is 66.3. The highest BCUT2D eigenvalue weighted by atomic mass is 35.5. The average Bonchev–Trinajstić information content (AvgIpc) is 3.47. The summed E-state index contributed by atoms with van der Waals surface area (Å²) >= 11 is 31.2. The zero-order valence-electron chi connectivity index (χ0n) is 42.4. The minimum atomic E-state index is -4.78. The second-order valence-electron chi connectivity index (χ2n) is 17.5. The summed E-state index contributed by atoms with van der Waals surface area (Å²) in [5, 5.41) is 26.6. The van der Waals surface area contributed by atoms with Gasteiger partial charge in [0, 0.05) is 27.0 Å². The Kier molecular flexibility index (Phi) is 19.5. The summed E-state index contributed by atoms with van der Waals surface area (Å²) in [7, 11) is 0. The second kappa shape index (κ2) is 26.1. The minimum absolute atomic E-state index is 0.00763. The molecule has 0 aliphatic rings. The van der Waals surface area contributed by atoms with E-state index in [4.69, 9.17) is 67.5 Å². The number of halogens is 11. The van der Waals surface area contributed by atoms with Crippen LogP contribution < -0.4 is 30.7 Å². The van der Waals surface area contributed by atoms with Gasteiger partial charge in [-0.1, -0.05) is 70.7 Å². The molecule has 2 unspecified atom stereocenters. The number of azo groups is 2. The fourth-order valence-corrected chi connectivity index (χ4v) is 7.95. The fourth-order valence-electron chi connectivity index (χ4n) is 7.17. The lowest BCUT2D eigenvalue weighted by molar-refractivity contribution is -0.138. The molecule has 2 atom stereocenters. The van der Waals surface area contributed by atoms with Gasteiger partial charge in [0.05, 0.1) is 43.3 Å². The van der Waals surface area contributed by atoms with Gasteiger partial charge in [-0.25, -0.2) is 0 Å². The molecular formula is C56H39Cl5F6N8O7. The van der Waals surface area contributed by atoms with Gasteiger partial charge < -0.3 is 30.7 Å². The van der Waals surface area contributed by atoms with Crippen LogP contribution in [0.1, 0.15) is 46.5 Å². The van der Waals surface area contributed by atoms with Gasteiger partial charge in [0.15, 0.2) is 23.1 Å². The molecule has 0 radical (unpaired) electrons. The standard InChI is InChI=1S/C56H39Cl5F6N8O7/c1-27-21-43(70-54(80)51(30(4)77)75-72-44-22-31(5-17-39(44)59)28(2)68-46-24-33(55(62,63)64)7-19-48(46)81-37-13-9-35(57)10-14-37)41(61)26-42(27)69-53(79)50(29(3)76)74-73-45-23-32(6-18-40(45)60)52(78)71-47-25-34(56(65,66)67)8-20-49(47)82-38-15-11-36(58)12-16-38/h5-26,50-51,68H,2H2,1,3-4H3,(H,69,79)(H,70,80)(H,71,78). The van der Waals surface area contributed by atoms with Crippen molar-refractivity contribution in [3.8, 4) is 23.0 Å². The van der Waals surface area contributed by atoms with Gasteiger partial charge in [-0.15, -0.1) is 0 Å². The summed E-state index contributed by atoms with van der Waals surface area (Å²) in [6, 6.07) is 24.2. The van der Waals surface area contributed by atoms with Gasteiger partial charge in [-0.3, -0.25) is 24.0 Å². The van der Waals surface area contributed by atoms with Gasteiger partial charge in [-0.2, -0.15) is 46.8 Å². The number of hydrogen-bond donors (Lipinski definition) is 4. The van der Waals surface area contributed by atoms with E-state index in [0.717, 1.165) is 50.2 Å². The molecule has 0 aromatic heterocycles. The topological polar surface area (TPSA) is 201 Å². The number of hydrogen-bond acceptors (Lipinski definition) is 12. The van der Waals surface area contributed by atoms with Crippen LogP contribution >= 0.6 is 58.0 Å². The number of rotatable bonds is 19. The van der Waals surface area contributed by atoms with Crippen LogP contribution in [0.3, 0.4) is 0 Å². The maximum Gasteiger partial charge on any atom is 0.416 e. The van der Waals surface area contributed by atoms with E-state index < -0.39 is 64.9 Å². The lowest BCUT2D eigenvalue weighted by atomic mass is 10.1. The minimum Gasteiger partial charge on any atom is -0.455 e. The van der Waals surface area contributed by atoms with Crippen LogP contribution in [-0.4, -0.2) is 41.4 Å². The van der Waals surface area contributed by atoms with Crippen LogP contribution in [0.2, 0.25) is 25.1 Å². The number of carbonyl (C=O) groups is 5. The van der Waals surface area contributed by atoms with E-state index in [1.54, 1.807) is 0 Å². The van der Waals surface area contributed by atoms with Crippen molar-refractivity contribution in [2.45, 2.75) is 45.2 Å². The van der Waals surface area contributed by atoms with Crippen molar-refractivity contribution >= 4 is 127 Å². The largest absolute Gasteiger partial charge is 0.455 e. The number of benzene rings is 7. The summed E-state index contributed by atoms with van der Waals surface area (Å²) in [5.41, 5.74) is -2.34.